The summed E-state index contributed by atoms with van der Waals surface area (Å²) >= 11 is 0. The van der Waals surface area contributed by atoms with Crippen LogP contribution in [0.1, 0.15) is 44.4 Å². The van der Waals surface area contributed by atoms with Gasteiger partial charge in [-0.2, -0.15) is 0 Å². The van der Waals surface area contributed by atoms with Gasteiger partial charge in [0.05, 0.1) is 0 Å². The predicted molar refractivity (Wildman–Crippen MR) is 79.5 cm³/mol. The van der Waals surface area contributed by atoms with Crippen molar-refractivity contribution in [3.8, 4) is 5.75 Å². The summed E-state index contributed by atoms with van der Waals surface area (Å²) in [7, 11) is 1.73. The van der Waals surface area contributed by atoms with Gasteiger partial charge in [0.15, 0.2) is 0 Å². The molecule has 2 N–H and O–H groups in total. The molecule has 1 rings (SSSR count). The zero-order chi connectivity index (χ0) is 14.5. The van der Waals surface area contributed by atoms with Gasteiger partial charge in [-0.15, -0.1) is 0 Å². The average molecular weight is 265 g/mol. The number of phenols is 1. The van der Waals surface area contributed by atoms with Crippen molar-refractivity contribution in [2.45, 2.75) is 40.2 Å². The van der Waals surface area contributed by atoms with Gasteiger partial charge in [0.2, 0.25) is 0 Å². The number of aromatic hydroxyl groups is 1. The molecule has 0 spiro atoms. The Labute approximate surface area is 117 Å². The molecule has 3 heteroatoms. The van der Waals surface area contributed by atoms with Crippen molar-refractivity contribution in [3.05, 3.63) is 29.3 Å². The van der Waals surface area contributed by atoms with Crippen molar-refractivity contribution in [1.82, 2.24) is 5.32 Å². The fraction of sp³-hybridized carbons (Fsp3) is 0.625. The van der Waals surface area contributed by atoms with Crippen molar-refractivity contribution in [3.63, 3.8) is 0 Å². The molecule has 0 saturated heterocycles. The number of ether oxygens (including phenoxy) is 1. The molecule has 1 unspecified atom stereocenters. The highest BCUT2D eigenvalue weighted by Crippen LogP contribution is 2.26. The molecular weight excluding hydrogens is 238 g/mol. The van der Waals surface area contributed by atoms with E-state index in [2.05, 4.69) is 26.1 Å². The summed E-state index contributed by atoms with van der Waals surface area (Å²) in [6.45, 7) is 10.2. The smallest absolute Gasteiger partial charge is 0.120 e. The van der Waals surface area contributed by atoms with Gasteiger partial charge in [-0.05, 0) is 37.3 Å². The molecule has 0 bridgehead atoms. The van der Waals surface area contributed by atoms with Crippen molar-refractivity contribution >= 4 is 0 Å². The van der Waals surface area contributed by atoms with Gasteiger partial charge in [-0.25, -0.2) is 0 Å². The first-order valence-electron chi connectivity index (χ1n) is 6.87. The topological polar surface area (TPSA) is 41.5 Å². The first-order chi connectivity index (χ1) is 8.85. The molecule has 0 amide bonds. The Morgan fingerprint density at radius 3 is 2.63 bits per heavy atom. The Morgan fingerprint density at radius 1 is 1.37 bits per heavy atom. The van der Waals surface area contributed by atoms with E-state index in [0.717, 1.165) is 30.7 Å². The summed E-state index contributed by atoms with van der Waals surface area (Å²) in [6, 6.07) is 5.97. The minimum atomic E-state index is 0.141. The molecule has 0 saturated carbocycles. The summed E-state index contributed by atoms with van der Waals surface area (Å²) in [5, 5.41) is 13.5. The largest absolute Gasteiger partial charge is 0.508 e. The summed E-state index contributed by atoms with van der Waals surface area (Å²) in [5.74, 6) is 0.370. The molecule has 0 aliphatic rings. The molecule has 0 aliphatic heterocycles. The predicted octanol–water partition coefficient (Wildman–Crippen LogP) is 3.41. The van der Waals surface area contributed by atoms with Gasteiger partial charge in [0.1, 0.15) is 5.75 Å². The first kappa shape index (κ1) is 16.0. The van der Waals surface area contributed by atoms with Gasteiger partial charge in [0, 0.05) is 31.9 Å². The lowest BCUT2D eigenvalue weighted by Gasteiger charge is -2.27. The highest BCUT2D eigenvalue weighted by atomic mass is 16.5. The number of aryl methyl sites for hydroxylation is 1. The molecule has 1 atom stereocenters. The van der Waals surface area contributed by atoms with E-state index < -0.39 is 0 Å². The van der Waals surface area contributed by atoms with Crippen LogP contribution in [0.4, 0.5) is 0 Å². The summed E-state index contributed by atoms with van der Waals surface area (Å²) in [5.41, 5.74) is 2.21. The third-order valence-corrected chi connectivity index (χ3v) is 3.52. The van der Waals surface area contributed by atoms with Crippen LogP contribution in [0, 0.1) is 12.3 Å². The number of methoxy groups -OCH3 is 1. The third kappa shape index (κ3) is 5.21. The Kier molecular flexibility index (Phi) is 5.83. The fourth-order valence-corrected chi connectivity index (χ4v) is 2.03. The van der Waals surface area contributed by atoms with E-state index in [9.17, 15) is 5.11 Å². The van der Waals surface area contributed by atoms with Crippen LogP contribution < -0.4 is 5.32 Å². The molecular formula is C16H27NO2. The highest BCUT2D eigenvalue weighted by molar-refractivity contribution is 5.37. The monoisotopic (exact) mass is 265 g/mol. The third-order valence-electron chi connectivity index (χ3n) is 3.52. The van der Waals surface area contributed by atoms with Gasteiger partial charge in [-0.1, -0.05) is 26.0 Å². The average Bonchev–Trinajstić information content (AvgIpc) is 2.34. The molecule has 1 aromatic rings. The Morgan fingerprint density at radius 2 is 2.05 bits per heavy atom. The molecule has 3 nitrogen and oxygen atoms in total. The lowest BCUT2D eigenvalue weighted by Crippen LogP contribution is -2.32. The zero-order valence-electron chi connectivity index (χ0n) is 12.8. The Balaban J connectivity index is 2.57. The highest BCUT2D eigenvalue weighted by Gasteiger charge is 2.19. The molecule has 0 heterocycles. The van der Waals surface area contributed by atoms with Crippen LogP contribution >= 0.6 is 0 Å². The second kappa shape index (κ2) is 6.92. The van der Waals surface area contributed by atoms with Gasteiger partial charge in [-0.3, -0.25) is 0 Å². The minimum absolute atomic E-state index is 0.141. The van der Waals surface area contributed by atoms with Crippen LogP contribution in [0.15, 0.2) is 18.2 Å². The van der Waals surface area contributed by atoms with Crippen LogP contribution in [0.2, 0.25) is 0 Å². The van der Waals surface area contributed by atoms with E-state index in [1.807, 2.05) is 25.1 Å². The van der Waals surface area contributed by atoms with Gasteiger partial charge in [0.25, 0.3) is 0 Å². The van der Waals surface area contributed by atoms with Crippen LogP contribution in [-0.2, 0) is 4.74 Å². The van der Waals surface area contributed by atoms with Crippen LogP contribution in [-0.4, -0.2) is 25.4 Å². The number of rotatable bonds is 7. The molecule has 0 aliphatic carbocycles. The van der Waals surface area contributed by atoms with E-state index in [1.165, 1.54) is 0 Å². The van der Waals surface area contributed by atoms with Gasteiger partial charge >= 0.3 is 0 Å². The fourth-order valence-electron chi connectivity index (χ4n) is 2.03. The van der Waals surface area contributed by atoms with Crippen molar-refractivity contribution in [2.24, 2.45) is 5.41 Å². The lowest BCUT2D eigenvalue weighted by atomic mass is 9.89. The molecule has 1 aromatic carbocycles. The van der Waals surface area contributed by atoms with Crippen LogP contribution in [0.5, 0.6) is 5.75 Å². The molecule has 0 fully saturated rings. The van der Waals surface area contributed by atoms with Crippen LogP contribution in [0.25, 0.3) is 0 Å². The normalized spacial score (nSPS) is 13.5. The van der Waals surface area contributed by atoms with Crippen molar-refractivity contribution in [1.29, 1.82) is 0 Å². The number of nitrogens with one attached hydrogen (secondary N) is 1. The molecule has 108 valence electrons. The Bertz CT molecular complexity index is 402. The van der Waals surface area contributed by atoms with E-state index in [-0.39, 0.29) is 11.5 Å². The second-order valence-corrected chi connectivity index (χ2v) is 6.07. The maximum Gasteiger partial charge on any atom is 0.120 e. The van der Waals surface area contributed by atoms with Gasteiger partial charge < -0.3 is 15.2 Å². The maximum absolute atomic E-state index is 9.97. The standard InChI is InChI=1S/C16H27NO2/c1-12-6-7-14(15(18)10-12)13(2)17-11-16(3,4)8-9-19-5/h6-7,10,13,17-18H,8-9,11H2,1-5H3. The quantitative estimate of drug-likeness (QED) is 0.794. The van der Waals surface area contributed by atoms with E-state index in [4.69, 9.17) is 4.74 Å². The van der Waals surface area contributed by atoms with E-state index >= 15 is 0 Å². The van der Waals surface area contributed by atoms with E-state index in [1.54, 1.807) is 7.11 Å². The Hall–Kier alpha value is -1.06. The number of hydrogen-bond donors (Lipinski definition) is 2. The van der Waals surface area contributed by atoms with Crippen molar-refractivity contribution in [2.75, 3.05) is 20.3 Å². The summed E-state index contributed by atoms with van der Waals surface area (Å²) in [4.78, 5) is 0. The van der Waals surface area contributed by atoms with Crippen molar-refractivity contribution < 1.29 is 9.84 Å². The zero-order valence-corrected chi connectivity index (χ0v) is 12.8. The van der Waals surface area contributed by atoms with E-state index in [0.29, 0.717) is 5.75 Å². The second-order valence-electron chi connectivity index (χ2n) is 6.07. The molecule has 0 radical (unpaired) electrons. The first-order valence-corrected chi connectivity index (χ1v) is 6.87. The summed E-state index contributed by atoms with van der Waals surface area (Å²) < 4.78 is 5.13. The lowest BCUT2D eigenvalue weighted by molar-refractivity contribution is 0.149. The van der Waals surface area contributed by atoms with Crippen LogP contribution in [0.3, 0.4) is 0 Å². The SMILES string of the molecule is COCCC(C)(C)CNC(C)c1ccc(C)cc1O. The minimum Gasteiger partial charge on any atom is -0.508 e. The summed E-state index contributed by atoms with van der Waals surface area (Å²) in [6.07, 6.45) is 1.02. The molecule has 19 heavy (non-hydrogen) atoms. The molecule has 0 aromatic heterocycles. The number of benzene rings is 1. The number of hydrogen-bond acceptors (Lipinski definition) is 3. The maximum atomic E-state index is 9.97. The number of phenolic OH excluding ortho intramolecular Hbond substituents is 1.